The van der Waals surface area contributed by atoms with Crippen molar-refractivity contribution < 1.29 is 14.4 Å². The lowest BCUT2D eigenvalue weighted by Crippen LogP contribution is -2.49. The highest BCUT2D eigenvalue weighted by atomic mass is 32.1. The average Bonchev–Trinajstić information content (AvgIpc) is 3.39. The van der Waals surface area contributed by atoms with Crippen LogP contribution in [0.3, 0.4) is 0 Å². The molecule has 3 amide bonds. The minimum Gasteiger partial charge on any atom is -0.366 e. The summed E-state index contributed by atoms with van der Waals surface area (Å²) in [5, 5.41) is 10.2. The largest absolute Gasteiger partial charge is 0.366 e. The fourth-order valence-electron chi connectivity index (χ4n) is 4.63. The summed E-state index contributed by atoms with van der Waals surface area (Å²) in [6.45, 7) is 6.87. The summed E-state index contributed by atoms with van der Waals surface area (Å²) in [6, 6.07) is 14.7. The smallest absolute Gasteiger partial charge is 0.269 e. The molecule has 1 aromatic heterocycles. The van der Waals surface area contributed by atoms with E-state index in [1.54, 1.807) is 13.0 Å². The van der Waals surface area contributed by atoms with Crippen molar-refractivity contribution in [2.75, 3.05) is 62.6 Å². The van der Waals surface area contributed by atoms with Crippen LogP contribution in [-0.4, -0.2) is 89.5 Å². The molecule has 2 saturated heterocycles. The topological polar surface area (TPSA) is 111 Å². The lowest BCUT2D eigenvalue weighted by Gasteiger charge is -2.37. The molecule has 2 fully saturated rings. The molecule has 5 rings (SSSR count). The maximum Gasteiger partial charge on any atom is 0.269 e. The van der Waals surface area contributed by atoms with Crippen molar-refractivity contribution in [3.63, 3.8) is 0 Å². The van der Waals surface area contributed by atoms with E-state index in [4.69, 9.17) is 0 Å². The van der Waals surface area contributed by atoms with Gasteiger partial charge < -0.3 is 25.3 Å². The van der Waals surface area contributed by atoms with Crippen molar-refractivity contribution in [2.24, 2.45) is 0 Å². The van der Waals surface area contributed by atoms with Gasteiger partial charge in [0.05, 0.1) is 17.1 Å². The quantitative estimate of drug-likeness (QED) is 0.531. The van der Waals surface area contributed by atoms with E-state index >= 15 is 0 Å². The Labute approximate surface area is 219 Å². The molecule has 3 heterocycles. The molecule has 11 heteroatoms. The lowest BCUT2D eigenvalue weighted by molar-refractivity contribution is 0.0731. The van der Waals surface area contributed by atoms with Crippen LogP contribution >= 0.6 is 11.5 Å². The van der Waals surface area contributed by atoms with Gasteiger partial charge in [0, 0.05) is 63.5 Å². The second-order valence-electron chi connectivity index (χ2n) is 9.06. The highest BCUT2D eigenvalue weighted by Gasteiger charge is 2.26. The van der Waals surface area contributed by atoms with Gasteiger partial charge in [0.2, 0.25) is 0 Å². The van der Waals surface area contributed by atoms with Gasteiger partial charge in [-0.05, 0) is 48.8 Å². The highest BCUT2D eigenvalue weighted by Crippen LogP contribution is 2.30. The number of carbonyl (C=O) groups excluding carboxylic acids is 3. The van der Waals surface area contributed by atoms with Crippen LogP contribution in [-0.2, 0) is 0 Å². The minimum atomic E-state index is -0.307. The Kier molecular flexibility index (Phi) is 7.42. The summed E-state index contributed by atoms with van der Waals surface area (Å²) >= 11 is 1.04. The van der Waals surface area contributed by atoms with E-state index in [0.29, 0.717) is 66.7 Å². The number of nitrogens with zero attached hydrogens (tertiary/aromatic N) is 5. The molecule has 2 N–H and O–H groups in total. The van der Waals surface area contributed by atoms with Gasteiger partial charge in [0.15, 0.2) is 0 Å². The molecule has 3 aromatic rings. The summed E-state index contributed by atoms with van der Waals surface area (Å²) in [4.78, 5) is 45.3. The Morgan fingerprint density at radius 2 is 1.54 bits per heavy atom. The van der Waals surface area contributed by atoms with E-state index in [2.05, 4.69) is 25.1 Å². The van der Waals surface area contributed by atoms with E-state index < -0.39 is 0 Å². The number of carbonyl (C=O) groups is 3. The number of piperazine rings is 2. The molecular weight excluding hydrogens is 490 g/mol. The van der Waals surface area contributed by atoms with Crippen LogP contribution in [0.4, 0.5) is 11.4 Å². The monoisotopic (exact) mass is 519 g/mol. The first kappa shape index (κ1) is 24.8. The third kappa shape index (κ3) is 5.47. The van der Waals surface area contributed by atoms with E-state index in [9.17, 15) is 14.4 Å². The van der Waals surface area contributed by atoms with Crippen LogP contribution in [0, 0.1) is 6.92 Å². The summed E-state index contributed by atoms with van der Waals surface area (Å²) in [5.41, 5.74) is 3.13. The molecule has 0 bridgehead atoms. The normalized spacial score (nSPS) is 16.0. The number of nitrogens with one attached hydrogen (secondary N) is 2. The van der Waals surface area contributed by atoms with Crippen LogP contribution < -0.4 is 15.5 Å². The third-order valence-electron chi connectivity index (χ3n) is 6.68. The minimum absolute atomic E-state index is 0.0129. The van der Waals surface area contributed by atoms with Crippen molar-refractivity contribution in [3.05, 3.63) is 70.2 Å². The van der Waals surface area contributed by atoms with Gasteiger partial charge in [-0.1, -0.05) is 22.7 Å². The van der Waals surface area contributed by atoms with Crippen molar-refractivity contribution in [3.8, 4) is 0 Å². The van der Waals surface area contributed by atoms with E-state index in [1.165, 1.54) is 0 Å². The Morgan fingerprint density at radius 3 is 2.22 bits per heavy atom. The van der Waals surface area contributed by atoms with Gasteiger partial charge in [-0.3, -0.25) is 14.4 Å². The zero-order valence-electron chi connectivity index (χ0n) is 20.6. The molecular formula is C26H29N7O3S. The SMILES string of the molecule is Cc1nnsc1C(=O)Nc1cc(C(=O)N2CCNCC2)ccc1N1CCN(C(=O)c2ccccc2)CC1. The van der Waals surface area contributed by atoms with Crippen LogP contribution in [0.5, 0.6) is 0 Å². The Morgan fingerprint density at radius 1 is 0.865 bits per heavy atom. The molecule has 0 radical (unpaired) electrons. The zero-order chi connectivity index (χ0) is 25.8. The van der Waals surface area contributed by atoms with Crippen molar-refractivity contribution in [1.82, 2.24) is 24.7 Å². The maximum atomic E-state index is 13.2. The third-order valence-corrected chi connectivity index (χ3v) is 7.51. The second-order valence-corrected chi connectivity index (χ2v) is 9.82. The Bertz CT molecular complexity index is 1280. The van der Waals surface area contributed by atoms with Crippen LogP contribution in [0.2, 0.25) is 0 Å². The molecule has 192 valence electrons. The lowest BCUT2D eigenvalue weighted by atomic mass is 10.1. The van der Waals surface area contributed by atoms with Gasteiger partial charge >= 0.3 is 0 Å². The zero-order valence-corrected chi connectivity index (χ0v) is 21.5. The fourth-order valence-corrected chi connectivity index (χ4v) is 5.18. The summed E-state index contributed by atoms with van der Waals surface area (Å²) in [6.07, 6.45) is 0. The number of hydrogen-bond donors (Lipinski definition) is 2. The predicted molar refractivity (Wildman–Crippen MR) is 142 cm³/mol. The van der Waals surface area contributed by atoms with Crippen LogP contribution in [0.25, 0.3) is 0 Å². The molecule has 0 aliphatic carbocycles. The number of anilines is 2. The fraction of sp³-hybridized carbons (Fsp3) is 0.346. The number of amides is 3. The van der Waals surface area contributed by atoms with E-state index in [1.807, 2.05) is 52.3 Å². The number of aryl methyl sites for hydroxylation is 1. The first-order chi connectivity index (χ1) is 18.0. The highest BCUT2D eigenvalue weighted by molar-refractivity contribution is 7.08. The average molecular weight is 520 g/mol. The molecule has 10 nitrogen and oxygen atoms in total. The van der Waals surface area contributed by atoms with Crippen molar-refractivity contribution in [1.29, 1.82) is 0 Å². The molecule has 0 atom stereocenters. The van der Waals surface area contributed by atoms with Gasteiger partial charge in [-0.2, -0.15) is 0 Å². The molecule has 2 aliphatic rings. The molecule has 0 spiro atoms. The number of rotatable bonds is 5. The number of benzene rings is 2. The Balaban J connectivity index is 1.37. The molecule has 0 saturated carbocycles. The molecule has 0 unspecified atom stereocenters. The van der Waals surface area contributed by atoms with Crippen LogP contribution in [0.15, 0.2) is 48.5 Å². The van der Waals surface area contributed by atoms with Crippen molar-refractivity contribution in [2.45, 2.75) is 6.92 Å². The first-order valence-corrected chi connectivity index (χ1v) is 13.1. The van der Waals surface area contributed by atoms with Crippen LogP contribution in [0.1, 0.15) is 36.1 Å². The van der Waals surface area contributed by atoms with Gasteiger partial charge in [-0.25, -0.2) is 0 Å². The van der Waals surface area contributed by atoms with Gasteiger partial charge in [0.25, 0.3) is 17.7 Å². The van der Waals surface area contributed by atoms with Gasteiger partial charge in [0.1, 0.15) is 4.88 Å². The summed E-state index contributed by atoms with van der Waals surface area (Å²) in [5.74, 6) is -0.352. The summed E-state index contributed by atoms with van der Waals surface area (Å²) in [7, 11) is 0. The van der Waals surface area contributed by atoms with E-state index in [0.717, 1.165) is 30.3 Å². The second kappa shape index (κ2) is 11.1. The standard InChI is InChI=1S/C26H29N7O3S/c1-18-23(37-30-29-18)24(34)28-21-17-20(26(36)32-11-9-27-10-12-32)7-8-22(21)31-13-15-33(16-14-31)25(35)19-5-3-2-4-6-19/h2-8,17,27H,9-16H2,1H3,(H,28,34). The van der Waals surface area contributed by atoms with E-state index in [-0.39, 0.29) is 17.7 Å². The molecule has 37 heavy (non-hydrogen) atoms. The first-order valence-electron chi connectivity index (χ1n) is 12.3. The van der Waals surface area contributed by atoms with Gasteiger partial charge in [-0.15, -0.1) is 5.10 Å². The number of aromatic nitrogens is 2. The van der Waals surface area contributed by atoms with Crippen molar-refractivity contribution >= 4 is 40.6 Å². The molecule has 2 aromatic carbocycles. The Hall–Kier alpha value is -3.83. The number of hydrogen-bond acceptors (Lipinski definition) is 8. The molecule has 2 aliphatic heterocycles. The predicted octanol–water partition coefficient (Wildman–Crippen LogP) is 2.11. The maximum absolute atomic E-state index is 13.2. The summed E-state index contributed by atoms with van der Waals surface area (Å²) < 4.78 is 3.87.